The number of nitrogens with zero attached hydrogens (tertiary/aromatic N) is 2. The third-order valence-electron chi connectivity index (χ3n) is 2.53. The minimum absolute atomic E-state index is 0.0145. The van der Waals surface area contributed by atoms with Crippen LogP contribution in [-0.2, 0) is 11.3 Å². The fourth-order valence-corrected chi connectivity index (χ4v) is 1.26. The summed E-state index contributed by atoms with van der Waals surface area (Å²) in [6.45, 7) is 4.39. The molecule has 0 unspecified atom stereocenters. The molecule has 90 valence electrons. The number of methoxy groups -OCH3 is 1. The van der Waals surface area contributed by atoms with Gasteiger partial charge in [-0.1, -0.05) is 11.6 Å². The lowest BCUT2D eigenvalue weighted by atomic mass is 10.1. The number of hydrogen-bond donors (Lipinski definition) is 1. The van der Waals surface area contributed by atoms with Crippen LogP contribution in [0.3, 0.4) is 0 Å². The highest BCUT2D eigenvalue weighted by Gasteiger charge is 2.17. The fourth-order valence-electron chi connectivity index (χ4n) is 1.14. The quantitative estimate of drug-likeness (QED) is 0.812. The first-order chi connectivity index (χ1) is 7.37. The van der Waals surface area contributed by atoms with Crippen LogP contribution in [0.2, 0.25) is 5.15 Å². The number of aryl methyl sites for hydroxylation is 1. The standard InChI is InChI=1S/C10H16ClN3O2/c1-10(2,16-3)4-5-14-6-13-8(11)7(12)9(14)15/h6H,4-5,12H2,1-3H3. The Morgan fingerprint density at radius 3 is 2.81 bits per heavy atom. The van der Waals surface area contributed by atoms with E-state index in [0.717, 1.165) is 0 Å². The molecule has 16 heavy (non-hydrogen) atoms. The summed E-state index contributed by atoms with van der Waals surface area (Å²) in [4.78, 5) is 15.5. The van der Waals surface area contributed by atoms with Gasteiger partial charge in [0.2, 0.25) is 0 Å². The highest BCUT2D eigenvalue weighted by Crippen LogP contribution is 2.14. The molecule has 5 nitrogen and oxygen atoms in total. The molecule has 0 amide bonds. The number of rotatable bonds is 4. The summed E-state index contributed by atoms with van der Waals surface area (Å²) in [6, 6.07) is 0. The summed E-state index contributed by atoms with van der Waals surface area (Å²) < 4.78 is 6.69. The summed E-state index contributed by atoms with van der Waals surface area (Å²) in [5, 5.41) is 0.0484. The summed E-state index contributed by atoms with van der Waals surface area (Å²) in [6.07, 6.45) is 2.08. The van der Waals surface area contributed by atoms with E-state index in [9.17, 15) is 4.79 Å². The zero-order valence-electron chi connectivity index (χ0n) is 9.66. The average Bonchev–Trinajstić information content (AvgIpc) is 2.25. The molecular weight excluding hydrogens is 230 g/mol. The molecule has 0 aromatic carbocycles. The Hall–Kier alpha value is -1.07. The van der Waals surface area contributed by atoms with E-state index in [-0.39, 0.29) is 22.0 Å². The van der Waals surface area contributed by atoms with Gasteiger partial charge in [-0.05, 0) is 20.3 Å². The topological polar surface area (TPSA) is 70.1 Å². The number of aromatic nitrogens is 2. The second-order valence-corrected chi connectivity index (χ2v) is 4.52. The summed E-state index contributed by atoms with van der Waals surface area (Å²) in [5.74, 6) is 0. The molecule has 0 aliphatic heterocycles. The van der Waals surface area contributed by atoms with Gasteiger partial charge in [0.15, 0.2) is 5.15 Å². The first kappa shape index (κ1) is 13.0. The third-order valence-corrected chi connectivity index (χ3v) is 2.83. The van der Waals surface area contributed by atoms with Crippen LogP contribution in [0.1, 0.15) is 20.3 Å². The van der Waals surface area contributed by atoms with Gasteiger partial charge >= 0.3 is 0 Å². The molecule has 0 bridgehead atoms. The van der Waals surface area contributed by atoms with Gasteiger partial charge in [-0.25, -0.2) is 4.98 Å². The van der Waals surface area contributed by atoms with Gasteiger partial charge in [-0.2, -0.15) is 0 Å². The molecule has 0 saturated carbocycles. The van der Waals surface area contributed by atoms with Crippen molar-refractivity contribution in [2.75, 3.05) is 12.8 Å². The number of hydrogen-bond acceptors (Lipinski definition) is 4. The van der Waals surface area contributed by atoms with E-state index in [1.165, 1.54) is 10.9 Å². The van der Waals surface area contributed by atoms with Crippen molar-refractivity contribution in [2.24, 2.45) is 0 Å². The smallest absolute Gasteiger partial charge is 0.278 e. The van der Waals surface area contributed by atoms with Gasteiger partial charge in [0.1, 0.15) is 5.69 Å². The third kappa shape index (κ3) is 2.96. The van der Waals surface area contributed by atoms with Crippen molar-refractivity contribution in [3.63, 3.8) is 0 Å². The van der Waals surface area contributed by atoms with E-state index in [4.69, 9.17) is 22.1 Å². The maximum Gasteiger partial charge on any atom is 0.278 e. The van der Waals surface area contributed by atoms with E-state index in [2.05, 4.69) is 4.98 Å². The molecule has 1 aromatic rings. The van der Waals surface area contributed by atoms with Crippen LogP contribution in [0, 0.1) is 0 Å². The predicted molar refractivity (Wildman–Crippen MR) is 63.6 cm³/mol. The van der Waals surface area contributed by atoms with Crippen molar-refractivity contribution in [1.29, 1.82) is 0 Å². The van der Waals surface area contributed by atoms with Gasteiger partial charge in [-0.15, -0.1) is 0 Å². The van der Waals surface area contributed by atoms with E-state index in [1.807, 2.05) is 13.8 Å². The highest BCUT2D eigenvalue weighted by atomic mass is 35.5. The number of nitrogen functional groups attached to an aromatic ring is 1. The van der Waals surface area contributed by atoms with Gasteiger partial charge in [0.25, 0.3) is 5.56 Å². The number of nitrogens with two attached hydrogens (primary N) is 1. The van der Waals surface area contributed by atoms with Crippen molar-refractivity contribution in [3.8, 4) is 0 Å². The summed E-state index contributed by atoms with van der Waals surface area (Å²) >= 11 is 5.63. The van der Waals surface area contributed by atoms with E-state index < -0.39 is 0 Å². The summed E-state index contributed by atoms with van der Waals surface area (Å²) in [7, 11) is 1.64. The van der Waals surface area contributed by atoms with E-state index >= 15 is 0 Å². The molecule has 2 N–H and O–H groups in total. The molecule has 0 radical (unpaired) electrons. The Balaban J connectivity index is 2.84. The molecule has 0 saturated heterocycles. The molecule has 6 heteroatoms. The van der Waals surface area contributed by atoms with Crippen molar-refractivity contribution in [2.45, 2.75) is 32.4 Å². The van der Waals surface area contributed by atoms with E-state index in [0.29, 0.717) is 13.0 Å². The van der Waals surface area contributed by atoms with Crippen LogP contribution in [-0.4, -0.2) is 22.3 Å². The van der Waals surface area contributed by atoms with Crippen molar-refractivity contribution in [1.82, 2.24) is 9.55 Å². The average molecular weight is 246 g/mol. The van der Waals surface area contributed by atoms with Crippen LogP contribution in [0.5, 0.6) is 0 Å². The highest BCUT2D eigenvalue weighted by molar-refractivity contribution is 6.31. The first-order valence-corrected chi connectivity index (χ1v) is 5.31. The van der Waals surface area contributed by atoms with Crippen LogP contribution in [0.15, 0.2) is 11.1 Å². The minimum atomic E-state index is -0.313. The SMILES string of the molecule is COC(C)(C)CCn1cnc(Cl)c(N)c1=O. The maximum absolute atomic E-state index is 11.7. The Labute approximate surface area is 99.2 Å². The number of ether oxygens (including phenoxy) is 1. The van der Waals surface area contributed by atoms with Gasteiger partial charge < -0.3 is 10.5 Å². The second kappa shape index (κ2) is 4.84. The van der Waals surface area contributed by atoms with Crippen LogP contribution < -0.4 is 11.3 Å². The molecule has 0 atom stereocenters. The van der Waals surface area contributed by atoms with Crippen LogP contribution >= 0.6 is 11.6 Å². The Kier molecular flexibility index (Phi) is 3.93. The second-order valence-electron chi connectivity index (χ2n) is 4.16. The Bertz CT molecular complexity index is 429. The largest absolute Gasteiger partial charge is 0.392 e. The lowest BCUT2D eigenvalue weighted by molar-refractivity contribution is 0.0118. The zero-order chi connectivity index (χ0) is 12.3. The summed E-state index contributed by atoms with van der Waals surface area (Å²) in [5.41, 5.74) is 4.88. The van der Waals surface area contributed by atoms with E-state index in [1.54, 1.807) is 7.11 Å². The van der Waals surface area contributed by atoms with Gasteiger partial charge in [0.05, 0.1) is 11.9 Å². The van der Waals surface area contributed by atoms with Crippen LogP contribution in [0.25, 0.3) is 0 Å². The van der Waals surface area contributed by atoms with Crippen LogP contribution in [0.4, 0.5) is 5.69 Å². The number of halogens is 1. The molecule has 1 aromatic heterocycles. The maximum atomic E-state index is 11.7. The van der Waals surface area contributed by atoms with Gasteiger partial charge in [-0.3, -0.25) is 9.36 Å². The van der Waals surface area contributed by atoms with Crippen molar-refractivity contribution in [3.05, 3.63) is 21.8 Å². The number of anilines is 1. The normalized spacial score (nSPS) is 11.8. The molecule has 1 heterocycles. The lowest BCUT2D eigenvalue weighted by Crippen LogP contribution is -2.29. The van der Waals surface area contributed by atoms with Crippen molar-refractivity contribution >= 4 is 17.3 Å². The predicted octanol–water partition coefficient (Wildman–Crippen LogP) is 1.29. The first-order valence-electron chi connectivity index (χ1n) is 4.93. The molecule has 0 aliphatic rings. The molecule has 0 fully saturated rings. The fraction of sp³-hybridized carbons (Fsp3) is 0.600. The molecule has 0 spiro atoms. The molecule has 0 aliphatic carbocycles. The molecule has 1 rings (SSSR count). The monoisotopic (exact) mass is 245 g/mol. The minimum Gasteiger partial charge on any atom is -0.392 e. The Morgan fingerprint density at radius 1 is 1.62 bits per heavy atom. The zero-order valence-corrected chi connectivity index (χ0v) is 10.4. The van der Waals surface area contributed by atoms with Gasteiger partial charge in [0, 0.05) is 13.7 Å². The Morgan fingerprint density at radius 2 is 2.25 bits per heavy atom. The van der Waals surface area contributed by atoms with Crippen molar-refractivity contribution < 1.29 is 4.74 Å². The molecular formula is C10H16ClN3O2. The lowest BCUT2D eigenvalue weighted by Gasteiger charge is -2.22.